The van der Waals surface area contributed by atoms with Gasteiger partial charge in [-0.3, -0.25) is 10.1 Å². The van der Waals surface area contributed by atoms with Crippen molar-refractivity contribution >= 4 is 11.4 Å². The van der Waals surface area contributed by atoms with Crippen molar-refractivity contribution in [2.45, 2.75) is 13.2 Å². The molecule has 0 aliphatic carbocycles. The number of nitro benzene ring substituents is 1. The number of anilines is 1. The first kappa shape index (κ1) is 19.4. The third-order valence-electron chi connectivity index (χ3n) is 4.18. The van der Waals surface area contributed by atoms with Gasteiger partial charge >= 0.3 is 0 Å². The lowest BCUT2D eigenvalue weighted by Crippen LogP contribution is -2.21. The monoisotopic (exact) mass is 377 g/mol. The average Bonchev–Trinajstić information content (AvgIpc) is 2.73. The van der Waals surface area contributed by atoms with Gasteiger partial charge in [0.15, 0.2) is 0 Å². The fraction of sp³-hybridized carbons (Fsp3) is 0.182. The molecule has 0 saturated heterocycles. The van der Waals surface area contributed by atoms with Gasteiger partial charge in [0.05, 0.1) is 4.92 Å². The fourth-order valence-electron chi connectivity index (χ4n) is 2.72. The minimum Gasteiger partial charge on any atom is -0.489 e. The zero-order valence-electron chi connectivity index (χ0n) is 15.5. The number of nitrogens with one attached hydrogen (secondary N) is 2. The van der Waals surface area contributed by atoms with E-state index in [-0.39, 0.29) is 5.69 Å². The van der Waals surface area contributed by atoms with E-state index in [1.54, 1.807) is 12.1 Å². The van der Waals surface area contributed by atoms with E-state index >= 15 is 0 Å². The van der Waals surface area contributed by atoms with Crippen LogP contribution in [0.25, 0.3) is 0 Å². The minimum absolute atomic E-state index is 0.0954. The van der Waals surface area contributed by atoms with Crippen molar-refractivity contribution in [2.75, 3.05) is 18.4 Å². The highest BCUT2D eigenvalue weighted by molar-refractivity contribution is 5.48. The molecule has 3 aromatic carbocycles. The number of rotatable bonds is 10. The molecule has 28 heavy (non-hydrogen) atoms. The van der Waals surface area contributed by atoms with Crippen LogP contribution in [0.2, 0.25) is 0 Å². The van der Waals surface area contributed by atoms with Crippen molar-refractivity contribution in [3.8, 4) is 5.75 Å². The lowest BCUT2D eigenvalue weighted by Gasteiger charge is -2.10. The summed E-state index contributed by atoms with van der Waals surface area (Å²) in [6, 6.07) is 24.6. The normalized spacial score (nSPS) is 10.4. The van der Waals surface area contributed by atoms with Crippen molar-refractivity contribution in [3.63, 3.8) is 0 Å². The molecule has 0 radical (unpaired) electrons. The van der Waals surface area contributed by atoms with E-state index in [1.807, 2.05) is 48.5 Å². The molecule has 3 rings (SSSR count). The molecule has 0 unspecified atom stereocenters. The van der Waals surface area contributed by atoms with Crippen molar-refractivity contribution in [1.82, 2.24) is 5.32 Å². The Balaban J connectivity index is 1.38. The largest absolute Gasteiger partial charge is 0.489 e. The van der Waals surface area contributed by atoms with Crippen LogP contribution >= 0.6 is 0 Å². The van der Waals surface area contributed by atoms with Crippen LogP contribution < -0.4 is 15.4 Å². The van der Waals surface area contributed by atoms with Crippen molar-refractivity contribution in [3.05, 3.63) is 100 Å². The van der Waals surface area contributed by atoms with Gasteiger partial charge in [0.25, 0.3) is 5.69 Å². The molecule has 0 bridgehead atoms. The number of nitro groups is 1. The van der Waals surface area contributed by atoms with Gasteiger partial charge in [-0.05, 0) is 35.4 Å². The van der Waals surface area contributed by atoms with Gasteiger partial charge in [0, 0.05) is 37.5 Å². The summed E-state index contributed by atoms with van der Waals surface area (Å²) in [7, 11) is 0. The first-order valence-electron chi connectivity index (χ1n) is 9.15. The van der Waals surface area contributed by atoms with E-state index in [4.69, 9.17) is 4.74 Å². The number of benzene rings is 3. The summed E-state index contributed by atoms with van der Waals surface area (Å²) in [4.78, 5) is 10.2. The minimum atomic E-state index is -0.400. The van der Waals surface area contributed by atoms with Crippen LogP contribution in [0.15, 0.2) is 78.9 Å². The van der Waals surface area contributed by atoms with Gasteiger partial charge in [0.1, 0.15) is 12.4 Å². The molecule has 0 aliphatic heterocycles. The van der Waals surface area contributed by atoms with Crippen molar-refractivity contribution < 1.29 is 9.66 Å². The molecule has 6 heteroatoms. The first-order valence-corrected chi connectivity index (χ1v) is 9.15. The summed E-state index contributed by atoms with van der Waals surface area (Å²) >= 11 is 0. The molecule has 0 aliphatic rings. The second-order valence-corrected chi connectivity index (χ2v) is 6.33. The molecular formula is C22H23N3O3. The van der Waals surface area contributed by atoms with E-state index in [9.17, 15) is 10.1 Å². The summed E-state index contributed by atoms with van der Waals surface area (Å²) < 4.78 is 5.86. The van der Waals surface area contributed by atoms with Gasteiger partial charge in [0.2, 0.25) is 0 Å². The maximum Gasteiger partial charge on any atom is 0.269 e. The summed E-state index contributed by atoms with van der Waals surface area (Å²) in [5, 5.41) is 17.3. The number of hydrogen-bond acceptors (Lipinski definition) is 5. The van der Waals surface area contributed by atoms with Gasteiger partial charge in [-0.25, -0.2) is 0 Å². The Hall–Kier alpha value is -3.38. The highest BCUT2D eigenvalue weighted by Gasteiger charge is 2.03. The Morgan fingerprint density at radius 2 is 1.61 bits per heavy atom. The molecule has 0 heterocycles. The summed E-state index contributed by atoms with van der Waals surface area (Å²) in [6.07, 6.45) is 0. The molecule has 2 N–H and O–H groups in total. The third-order valence-corrected chi connectivity index (χ3v) is 4.18. The van der Waals surface area contributed by atoms with Crippen LogP contribution in [0.5, 0.6) is 5.75 Å². The number of hydrogen-bond donors (Lipinski definition) is 2. The predicted octanol–water partition coefficient (Wildman–Crippen LogP) is 4.38. The standard InChI is InChI=1S/C22H23N3O3/c26-25(27)21-11-9-20(10-12-21)24-14-13-23-16-19-7-4-8-22(15-19)28-17-18-5-2-1-3-6-18/h1-12,15,23-24H,13-14,16-17H2. The quantitative estimate of drug-likeness (QED) is 0.312. The van der Waals surface area contributed by atoms with E-state index in [0.717, 1.165) is 42.2 Å². The number of nitrogens with zero attached hydrogens (tertiary/aromatic N) is 1. The zero-order chi connectivity index (χ0) is 19.6. The van der Waals surface area contributed by atoms with Gasteiger partial charge < -0.3 is 15.4 Å². The Morgan fingerprint density at radius 3 is 2.36 bits per heavy atom. The zero-order valence-corrected chi connectivity index (χ0v) is 15.5. The smallest absolute Gasteiger partial charge is 0.269 e. The number of ether oxygens (including phenoxy) is 1. The average molecular weight is 377 g/mol. The summed E-state index contributed by atoms with van der Waals surface area (Å²) in [5.74, 6) is 0.854. The van der Waals surface area contributed by atoms with E-state index in [1.165, 1.54) is 12.1 Å². The lowest BCUT2D eigenvalue weighted by atomic mass is 10.2. The SMILES string of the molecule is O=[N+]([O-])c1ccc(NCCNCc2cccc(OCc3ccccc3)c2)cc1. The van der Waals surface area contributed by atoms with E-state index in [2.05, 4.69) is 16.7 Å². The van der Waals surface area contributed by atoms with E-state index in [0.29, 0.717) is 6.61 Å². The second-order valence-electron chi connectivity index (χ2n) is 6.33. The molecule has 0 aromatic heterocycles. The highest BCUT2D eigenvalue weighted by atomic mass is 16.6. The maximum absolute atomic E-state index is 10.6. The van der Waals surface area contributed by atoms with Gasteiger partial charge in [-0.15, -0.1) is 0 Å². The molecule has 0 fully saturated rings. The Kier molecular flexibility index (Phi) is 6.98. The van der Waals surface area contributed by atoms with Crippen LogP contribution in [0.1, 0.15) is 11.1 Å². The van der Waals surface area contributed by atoms with Crippen LogP contribution in [-0.4, -0.2) is 18.0 Å². The molecule has 3 aromatic rings. The Bertz CT molecular complexity index is 883. The highest BCUT2D eigenvalue weighted by Crippen LogP contribution is 2.16. The Morgan fingerprint density at radius 1 is 0.857 bits per heavy atom. The van der Waals surface area contributed by atoms with Crippen LogP contribution in [0, 0.1) is 10.1 Å². The third kappa shape index (κ3) is 6.10. The lowest BCUT2D eigenvalue weighted by molar-refractivity contribution is -0.384. The topological polar surface area (TPSA) is 76.4 Å². The van der Waals surface area contributed by atoms with Crippen LogP contribution in [-0.2, 0) is 13.2 Å². The molecular weight excluding hydrogens is 354 g/mol. The first-order chi connectivity index (χ1) is 13.7. The predicted molar refractivity (Wildman–Crippen MR) is 111 cm³/mol. The Labute approximate surface area is 164 Å². The van der Waals surface area contributed by atoms with Gasteiger partial charge in [-0.1, -0.05) is 42.5 Å². The van der Waals surface area contributed by atoms with E-state index < -0.39 is 4.92 Å². The molecule has 6 nitrogen and oxygen atoms in total. The maximum atomic E-state index is 10.6. The molecule has 0 atom stereocenters. The summed E-state index contributed by atoms with van der Waals surface area (Å²) in [6.45, 7) is 2.79. The van der Waals surface area contributed by atoms with Crippen LogP contribution in [0.4, 0.5) is 11.4 Å². The van der Waals surface area contributed by atoms with Crippen molar-refractivity contribution in [2.24, 2.45) is 0 Å². The summed E-state index contributed by atoms with van der Waals surface area (Å²) in [5.41, 5.74) is 3.26. The van der Waals surface area contributed by atoms with Crippen LogP contribution in [0.3, 0.4) is 0 Å². The second kappa shape index (κ2) is 10.1. The molecule has 144 valence electrons. The molecule has 0 spiro atoms. The van der Waals surface area contributed by atoms with Gasteiger partial charge in [-0.2, -0.15) is 0 Å². The number of non-ortho nitro benzene ring substituents is 1. The fourth-order valence-corrected chi connectivity index (χ4v) is 2.72. The van der Waals surface area contributed by atoms with Crippen molar-refractivity contribution in [1.29, 1.82) is 0 Å². The molecule has 0 saturated carbocycles. The molecule has 0 amide bonds.